The lowest BCUT2D eigenvalue weighted by molar-refractivity contribution is -0.131. The van der Waals surface area contributed by atoms with Crippen LogP contribution in [0.5, 0.6) is 5.75 Å². The fraction of sp³-hybridized carbons (Fsp3) is 0.467. The summed E-state index contributed by atoms with van der Waals surface area (Å²) >= 11 is 1.58. The molecule has 5 heteroatoms. The number of amides is 1. The number of aromatic hydroxyl groups is 1. The molecule has 0 radical (unpaired) electrons. The number of piperidine rings is 1. The number of phenols is 1. The van der Waals surface area contributed by atoms with Crippen LogP contribution in [0.1, 0.15) is 18.4 Å². The Kier molecular flexibility index (Phi) is 4.56. The van der Waals surface area contributed by atoms with Crippen molar-refractivity contribution in [2.75, 3.05) is 19.3 Å². The maximum atomic E-state index is 12.2. The number of thioether (sulfide) groups is 1. The molecule has 0 unspecified atom stereocenters. The largest absolute Gasteiger partial charge is 0.508 e. The zero-order valence-corrected chi connectivity index (χ0v) is 12.3. The van der Waals surface area contributed by atoms with E-state index in [9.17, 15) is 15.2 Å². The molecule has 1 heterocycles. The predicted octanol–water partition coefficient (Wildman–Crippen LogP) is 2.18. The molecule has 1 N–H and O–H groups in total. The first-order valence-electron chi connectivity index (χ1n) is 6.61. The third-order valence-electron chi connectivity index (χ3n) is 3.78. The summed E-state index contributed by atoms with van der Waals surface area (Å²) in [4.78, 5) is 14.0. The van der Waals surface area contributed by atoms with Gasteiger partial charge in [-0.1, -0.05) is 12.1 Å². The minimum atomic E-state index is -0.332. The van der Waals surface area contributed by atoms with Gasteiger partial charge in [-0.25, -0.2) is 0 Å². The van der Waals surface area contributed by atoms with Gasteiger partial charge in [0.2, 0.25) is 5.91 Å². The molecule has 1 aromatic carbocycles. The van der Waals surface area contributed by atoms with Crippen molar-refractivity contribution in [1.29, 1.82) is 5.26 Å². The highest BCUT2D eigenvalue weighted by Crippen LogP contribution is 2.33. The number of phenolic OH excluding ortho intramolecular Hbond substituents is 1. The highest BCUT2D eigenvalue weighted by Gasteiger charge is 2.35. The second kappa shape index (κ2) is 6.19. The van der Waals surface area contributed by atoms with Gasteiger partial charge in [-0.3, -0.25) is 4.79 Å². The van der Waals surface area contributed by atoms with Crippen LogP contribution in [0, 0.1) is 11.3 Å². The third kappa shape index (κ3) is 3.26. The zero-order chi connectivity index (χ0) is 14.6. The molecule has 1 aliphatic heterocycles. The van der Waals surface area contributed by atoms with E-state index in [1.54, 1.807) is 30.0 Å². The minimum absolute atomic E-state index is 0.0586. The zero-order valence-electron chi connectivity index (χ0n) is 11.5. The summed E-state index contributed by atoms with van der Waals surface area (Å²) in [5, 5.41) is 18.6. The molecule has 4 nitrogen and oxygen atoms in total. The van der Waals surface area contributed by atoms with E-state index in [1.807, 2.05) is 17.2 Å². The Morgan fingerprint density at radius 2 is 2.20 bits per heavy atom. The van der Waals surface area contributed by atoms with Gasteiger partial charge < -0.3 is 10.0 Å². The average molecular weight is 290 g/mol. The summed E-state index contributed by atoms with van der Waals surface area (Å²) < 4.78 is -0.332. The molecule has 2 rings (SSSR count). The van der Waals surface area contributed by atoms with Crippen molar-refractivity contribution in [1.82, 2.24) is 4.90 Å². The second-order valence-electron chi connectivity index (χ2n) is 5.04. The van der Waals surface area contributed by atoms with Crippen LogP contribution in [-0.2, 0) is 11.2 Å². The van der Waals surface area contributed by atoms with Gasteiger partial charge in [0.25, 0.3) is 0 Å². The van der Waals surface area contributed by atoms with Gasteiger partial charge in [0, 0.05) is 13.1 Å². The van der Waals surface area contributed by atoms with E-state index in [0.29, 0.717) is 19.5 Å². The average Bonchev–Trinajstić information content (AvgIpc) is 2.47. The Labute approximate surface area is 123 Å². The molecule has 0 bridgehead atoms. The number of likely N-dealkylation sites (tertiary alicyclic amines) is 1. The molecule has 1 fully saturated rings. The smallest absolute Gasteiger partial charge is 0.226 e. The first-order chi connectivity index (χ1) is 9.58. The van der Waals surface area contributed by atoms with Crippen molar-refractivity contribution < 1.29 is 9.90 Å². The summed E-state index contributed by atoms with van der Waals surface area (Å²) in [7, 11) is 0. The second-order valence-corrected chi connectivity index (χ2v) is 6.23. The van der Waals surface area contributed by atoms with Crippen LogP contribution in [0.25, 0.3) is 0 Å². The monoisotopic (exact) mass is 290 g/mol. The number of rotatable bonds is 3. The molecule has 0 aromatic heterocycles. The maximum Gasteiger partial charge on any atom is 0.226 e. The van der Waals surface area contributed by atoms with Crippen LogP contribution in [0.2, 0.25) is 0 Å². The lowest BCUT2D eigenvalue weighted by Crippen LogP contribution is -2.44. The molecule has 1 amide bonds. The fourth-order valence-electron chi connectivity index (χ4n) is 2.43. The summed E-state index contributed by atoms with van der Waals surface area (Å²) in [5.74, 6) is 0.239. The van der Waals surface area contributed by atoms with Crippen molar-refractivity contribution in [3.63, 3.8) is 0 Å². The van der Waals surface area contributed by atoms with Crippen molar-refractivity contribution in [2.45, 2.75) is 24.0 Å². The summed E-state index contributed by atoms with van der Waals surface area (Å²) in [5.41, 5.74) is 0.817. The Bertz CT molecular complexity index is 531. The van der Waals surface area contributed by atoms with E-state index in [0.717, 1.165) is 18.4 Å². The van der Waals surface area contributed by atoms with Gasteiger partial charge in [-0.05, 0) is 36.8 Å². The number of benzene rings is 1. The first-order valence-corrected chi connectivity index (χ1v) is 7.83. The molecule has 0 atom stereocenters. The lowest BCUT2D eigenvalue weighted by Gasteiger charge is -2.36. The molecule has 1 aromatic rings. The van der Waals surface area contributed by atoms with Gasteiger partial charge in [-0.15, -0.1) is 11.8 Å². The minimum Gasteiger partial charge on any atom is -0.508 e. The highest BCUT2D eigenvalue weighted by atomic mass is 32.2. The van der Waals surface area contributed by atoms with Crippen LogP contribution in [-0.4, -0.2) is 40.0 Å². The van der Waals surface area contributed by atoms with Crippen molar-refractivity contribution in [3.05, 3.63) is 29.8 Å². The number of hydrogen-bond acceptors (Lipinski definition) is 4. The topological polar surface area (TPSA) is 64.3 Å². The number of carbonyl (C=O) groups excluding carboxylic acids is 1. The fourth-order valence-corrected chi connectivity index (χ4v) is 3.11. The molecule has 1 aliphatic rings. The van der Waals surface area contributed by atoms with E-state index >= 15 is 0 Å². The first kappa shape index (κ1) is 14.7. The van der Waals surface area contributed by atoms with Gasteiger partial charge in [0.05, 0.1) is 12.5 Å². The van der Waals surface area contributed by atoms with E-state index in [4.69, 9.17) is 0 Å². The molecule has 0 spiro atoms. The third-order valence-corrected chi connectivity index (χ3v) is 5.07. The van der Waals surface area contributed by atoms with Crippen LogP contribution < -0.4 is 0 Å². The maximum absolute atomic E-state index is 12.2. The van der Waals surface area contributed by atoms with Crippen molar-refractivity contribution >= 4 is 17.7 Å². The SMILES string of the molecule is CSC1(C#N)CCN(C(=O)Cc2cccc(O)c2)CC1. The van der Waals surface area contributed by atoms with E-state index < -0.39 is 0 Å². The number of nitriles is 1. The summed E-state index contributed by atoms with van der Waals surface area (Å²) in [6.45, 7) is 1.26. The lowest BCUT2D eigenvalue weighted by atomic mass is 9.96. The standard InChI is InChI=1S/C15H18N2O2S/c1-20-15(11-16)5-7-17(8-6-15)14(19)10-12-3-2-4-13(18)9-12/h2-4,9,18H,5-8,10H2,1H3. The predicted molar refractivity (Wildman–Crippen MR) is 79.5 cm³/mol. The quantitative estimate of drug-likeness (QED) is 0.926. The van der Waals surface area contributed by atoms with E-state index in [-0.39, 0.29) is 16.4 Å². The number of hydrogen-bond donors (Lipinski definition) is 1. The molecule has 1 saturated heterocycles. The molecular formula is C15H18N2O2S. The summed E-state index contributed by atoms with van der Waals surface area (Å²) in [6.07, 6.45) is 3.69. The molecule has 20 heavy (non-hydrogen) atoms. The van der Waals surface area contributed by atoms with Gasteiger partial charge in [0.15, 0.2) is 0 Å². The molecule has 106 valence electrons. The molecular weight excluding hydrogens is 272 g/mol. The molecule has 0 aliphatic carbocycles. The Morgan fingerprint density at radius 3 is 2.75 bits per heavy atom. The summed E-state index contributed by atoms with van der Waals surface area (Å²) in [6, 6.07) is 9.16. The highest BCUT2D eigenvalue weighted by molar-refractivity contribution is 8.00. The van der Waals surface area contributed by atoms with Gasteiger partial charge >= 0.3 is 0 Å². The van der Waals surface area contributed by atoms with Crippen LogP contribution in [0.3, 0.4) is 0 Å². The Balaban J connectivity index is 1.94. The van der Waals surface area contributed by atoms with Crippen LogP contribution in [0.15, 0.2) is 24.3 Å². The Morgan fingerprint density at radius 1 is 1.50 bits per heavy atom. The van der Waals surface area contributed by atoms with Crippen LogP contribution in [0.4, 0.5) is 0 Å². The van der Waals surface area contributed by atoms with Crippen LogP contribution >= 0.6 is 11.8 Å². The molecule has 0 saturated carbocycles. The van der Waals surface area contributed by atoms with Crippen molar-refractivity contribution in [2.24, 2.45) is 0 Å². The van der Waals surface area contributed by atoms with Gasteiger partial charge in [0.1, 0.15) is 10.5 Å². The Hall–Kier alpha value is -1.67. The number of carbonyl (C=O) groups is 1. The van der Waals surface area contributed by atoms with E-state index in [1.165, 1.54) is 0 Å². The van der Waals surface area contributed by atoms with Crippen molar-refractivity contribution in [3.8, 4) is 11.8 Å². The van der Waals surface area contributed by atoms with E-state index in [2.05, 4.69) is 6.07 Å². The normalized spacial score (nSPS) is 17.5. The van der Waals surface area contributed by atoms with Gasteiger partial charge in [-0.2, -0.15) is 5.26 Å². The number of nitrogens with zero attached hydrogens (tertiary/aromatic N) is 2.